The highest BCUT2D eigenvalue weighted by Crippen LogP contribution is 2.61. The fourth-order valence-corrected chi connectivity index (χ4v) is 13.6. The van der Waals surface area contributed by atoms with Crippen LogP contribution in [0.1, 0.15) is 91.3 Å². The van der Waals surface area contributed by atoms with E-state index in [1.54, 1.807) is 5.56 Å². The van der Waals surface area contributed by atoms with E-state index in [1.165, 1.54) is 115 Å². The van der Waals surface area contributed by atoms with Crippen molar-refractivity contribution < 1.29 is 0 Å². The third-order valence-electron chi connectivity index (χ3n) is 16.6. The lowest BCUT2D eigenvalue weighted by atomic mass is 9.70. The Bertz CT molecular complexity index is 3270. The van der Waals surface area contributed by atoms with Crippen molar-refractivity contribution in [2.24, 2.45) is 5.92 Å². The zero-order valence-corrected chi connectivity index (χ0v) is 37.6. The van der Waals surface area contributed by atoms with E-state index < -0.39 is 0 Å². The van der Waals surface area contributed by atoms with E-state index in [2.05, 4.69) is 232 Å². The minimum absolute atomic E-state index is 0.143. The summed E-state index contributed by atoms with van der Waals surface area (Å²) in [5.74, 6) is 0.974. The number of hydrogen-bond acceptors (Lipinski definition) is 1. The average Bonchev–Trinajstić information content (AvgIpc) is 4.09. The standard InChI is InChI=1S/C64H53N/c1-62(2)55-26-11-7-22-49(55)53-24-17-25-54(61(53)62)52-23-10-14-29-60(52)65(46-35-37-51-48-21-9-13-28-57(48)64(59(51)41-46)38-15-16-39-64)45-33-30-42(31-34-45)43-32-36-50-47-20-8-12-27-56(47)63(3,58(50)40-43)44-18-5-4-6-19-44/h4-14,17-37,40-41,48,57H,15-16,38-39H2,1-3H3. The molecule has 5 aliphatic carbocycles. The number of benzene rings is 8. The van der Waals surface area contributed by atoms with Crippen molar-refractivity contribution in [3.8, 4) is 44.5 Å². The summed E-state index contributed by atoms with van der Waals surface area (Å²) >= 11 is 0. The van der Waals surface area contributed by atoms with E-state index in [1.807, 2.05) is 0 Å². The van der Waals surface area contributed by atoms with Crippen molar-refractivity contribution >= 4 is 17.1 Å². The van der Waals surface area contributed by atoms with Crippen LogP contribution in [-0.4, -0.2) is 0 Å². The molecule has 8 aromatic carbocycles. The maximum absolute atomic E-state index is 2.60. The summed E-state index contributed by atoms with van der Waals surface area (Å²) in [6.07, 6.45) is 14.7. The molecule has 0 bridgehead atoms. The molecule has 8 aromatic rings. The molecular weight excluding hydrogens is 783 g/mol. The first-order valence-electron chi connectivity index (χ1n) is 23.9. The number of rotatable bonds is 6. The fourth-order valence-electron chi connectivity index (χ4n) is 13.6. The van der Waals surface area contributed by atoms with Crippen molar-refractivity contribution in [2.75, 3.05) is 4.90 Å². The number of hydrogen-bond donors (Lipinski definition) is 0. The third kappa shape index (κ3) is 5.45. The van der Waals surface area contributed by atoms with Crippen LogP contribution in [0.3, 0.4) is 0 Å². The van der Waals surface area contributed by atoms with E-state index in [-0.39, 0.29) is 16.2 Å². The zero-order valence-electron chi connectivity index (χ0n) is 37.6. The molecule has 0 radical (unpaired) electrons. The third-order valence-corrected chi connectivity index (χ3v) is 16.6. The largest absolute Gasteiger partial charge is 0.310 e. The van der Waals surface area contributed by atoms with Gasteiger partial charge in [-0.2, -0.15) is 0 Å². The molecule has 1 fully saturated rings. The Kier molecular flexibility index (Phi) is 8.45. The summed E-state index contributed by atoms with van der Waals surface area (Å²) in [6, 6.07) is 69.2. The van der Waals surface area contributed by atoms with Gasteiger partial charge in [-0.3, -0.25) is 0 Å². The lowest BCUT2D eigenvalue weighted by Gasteiger charge is -2.34. The van der Waals surface area contributed by atoms with Gasteiger partial charge in [0.15, 0.2) is 0 Å². The second-order valence-corrected chi connectivity index (χ2v) is 20.1. The second-order valence-electron chi connectivity index (χ2n) is 20.1. The van der Waals surface area contributed by atoms with Gasteiger partial charge in [0.05, 0.1) is 5.69 Å². The summed E-state index contributed by atoms with van der Waals surface area (Å²) in [5, 5.41) is 0. The number of fused-ring (bicyclic) bond motifs is 11. The first-order chi connectivity index (χ1) is 31.9. The monoisotopic (exact) mass is 835 g/mol. The number of nitrogens with zero attached hydrogens (tertiary/aromatic N) is 1. The van der Waals surface area contributed by atoms with Crippen LogP contribution in [0.2, 0.25) is 0 Å². The predicted octanol–water partition coefficient (Wildman–Crippen LogP) is 16.8. The molecule has 1 heteroatoms. The Morgan fingerprint density at radius 3 is 1.83 bits per heavy atom. The first-order valence-corrected chi connectivity index (χ1v) is 23.9. The van der Waals surface area contributed by atoms with Gasteiger partial charge in [0, 0.05) is 39.1 Å². The summed E-state index contributed by atoms with van der Waals surface area (Å²) in [5.41, 5.74) is 23.7. The quantitative estimate of drug-likeness (QED) is 0.161. The fraction of sp³-hybridized carbons (Fsp3) is 0.188. The van der Waals surface area contributed by atoms with Gasteiger partial charge < -0.3 is 4.90 Å². The van der Waals surface area contributed by atoms with E-state index >= 15 is 0 Å². The van der Waals surface area contributed by atoms with Crippen LogP contribution in [0.25, 0.3) is 44.5 Å². The lowest BCUT2D eigenvalue weighted by Crippen LogP contribution is -2.28. The molecule has 1 spiro atoms. The van der Waals surface area contributed by atoms with Crippen LogP contribution in [0.15, 0.2) is 206 Å². The molecule has 0 amide bonds. The van der Waals surface area contributed by atoms with Gasteiger partial charge in [-0.25, -0.2) is 0 Å². The van der Waals surface area contributed by atoms with Crippen molar-refractivity contribution in [2.45, 2.75) is 68.6 Å². The van der Waals surface area contributed by atoms with Gasteiger partial charge in [-0.05, 0) is 140 Å². The SMILES string of the molecule is CC1(C)c2ccccc2-c2cccc(-c3ccccc3N(c3ccc(-c4ccc5c(c4)C(C)(c4ccccc4)c4ccccc4-5)cc3)c3ccc4c(c3)C3(CCCC3)C3C=CC=CC43)c21. The van der Waals surface area contributed by atoms with Crippen molar-refractivity contribution in [3.63, 3.8) is 0 Å². The van der Waals surface area contributed by atoms with Gasteiger partial charge in [-0.1, -0.05) is 197 Å². The highest BCUT2D eigenvalue weighted by Gasteiger charge is 2.52. The smallest absolute Gasteiger partial charge is 0.0540 e. The Balaban J connectivity index is 0.972. The van der Waals surface area contributed by atoms with E-state index in [4.69, 9.17) is 0 Å². The minimum atomic E-state index is -0.246. The van der Waals surface area contributed by atoms with Crippen LogP contribution in [0.5, 0.6) is 0 Å². The highest BCUT2D eigenvalue weighted by atomic mass is 15.1. The molecule has 314 valence electrons. The molecule has 0 aromatic heterocycles. The van der Waals surface area contributed by atoms with Crippen LogP contribution in [-0.2, 0) is 16.2 Å². The summed E-state index contributed by atoms with van der Waals surface area (Å²) < 4.78 is 0. The summed E-state index contributed by atoms with van der Waals surface area (Å²) in [4.78, 5) is 2.57. The highest BCUT2D eigenvalue weighted by molar-refractivity contribution is 5.95. The molecule has 65 heavy (non-hydrogen) atoms. The van der Waals surface area contributed by atoms with Gasteiger partial charge in [0.2, 0.25) is 0 Å². The molecule has 3 atom stereocenters. The Morgan fingerprint density at radius 2 is 1.05 bits per heavy atom. The predicted molar refractivity (Wildman–Crippen MR) is 272 cm³/mol. The van der Waals surface area contributed by atoms with Gasteiger partial charge in [0.25, 0.3) is 0 Å². The molecule has 1 saturated carbocycles. The number of allylic oxidation sites excluding steroid dienone is 4. The molecule has 13 rings (SSSR count). The Morgan fingerprint density at radius 1 is 0.446 bits per heavy atom. The average molecular weight is 836 g/mol. The molecular formula is C64H53N. The molecule has 0 N–H and O–H groups in total. The van der Waals surface area contributed by atoms with E-state index in [0.717, 1.165) is 5.69 Å². The van der Waals surface area contributed by atoms with Crippen molar-refractivity contribution in [1.29, 1.82) is 0 Å². The van der Waals surface area contributed by atoms with Gasteiger partial charge in [-0.15, -0.1) is 0 Å². The van der Waals surface area contributed by atoms with Crippen LogP contribution in [0.4, 0.5) is 17.1 Å². The zero-order chi connectivity index (χ0) is 43.5. The van der Waals surface area contributed by atoms with E-state index in [9.17, 15) is 0 Å². The molecule has 3 unspecified atom stereocenters. The topological polar surface area (TPSA) is 3.24 Å². The van der Waals surface area contributed by atoms with Crippen LogP contribution >= 0.6 is 0 Å². The van der Waals surface area contributed by atoms with Crippen molar-refractivity contribution in [3.05, 3.63) is 245 Å². The Labute approximate surface area is 384 Å². The molecule has 1 nitrogen and oxygen atoms in total. The number of anilines is 3. The van der Waals surface area contributed by atoms with Crippen molar-refractivity contribution in [1.82, 2.24) is 0 Å². The molecule has 0 aliphatic heterocycles. The van der Waals surface area contributed by atoms with Crippen LogP contribution < -0.4 is 4.90 Å². The van der Waals surface area contributed by atoms with E-state index in [0.29, 0.717) is 11.8 Å². The number of para-hydroxylation sites is 1. The second kappa shape index (κ2) is 14.3. The first kappa shape index (κ1) is 38.5. The molecule has 5 aliphatic rings. The lowest BCUT2D eigenvalue weighted by molar-refractivity contribution is 0.337. The van der Waals surface area contributed by atoms with Gasteiger partial charge >= 0.3 is 0 Å². The molecule has 0 heterocycles. The maximum Gasteiger partial charge on any atom is 0.0540 e. The van der Waals surface area contributed by atoms with Gasteiger partial charge in [0.1, 0.15) is 0 Å². The normalized spacial score (nSPS) is 20.8. The minimum Gasteiger partial charge on any atom is -0.310 e. The summed E-state index contributed by atoms with van der Waals surface area (Å²) in [6.45, 7) is 7.22. The summed E-state index contributed by atoms with van der Waals surface area (Å²) in [7, 11) is 0. The maximum atomic E-state index is 2.60. The van der Waals surface area contributed by atoms with Crippen LogP contribution in [0, 0.1) is 5.92 Å². The molecule has 0 saturated heterocycles. The Hall–Kier alpha value is -6.96.